The van der Waals surface area contributed by atoms with Gasteiger partial charge in [0.2, 0.25) is 0 Å². The van der Waals surface area contributed by atoms with Crippen molar-refractivity contribution in [2.75, 3.05) is 39.5 Å². The Labute approximate surface area is 163 Å². The van der Waals surface area contributed by atoms with Crippen LogP contribution in [-0.2, 0) is 4.74 Å². The minimum Gasteiger partial charge on any atom is -0.494 e. The Balaban J connectivity index is 1.73. The van der Waals surface area contributed by atoms with E-state index in [1.807, 2.05) is 31.2 Å². The third-order valence-corrected chi connectivity index (χ3v) is 4.70. The van der Waals surface area contributed by atoms with Crippen LogP contribution in [-0.4, -0.2) is 50.3 Å². The van der Waals surface area contributed by atoms with Crippen LogP contribution in [0.1, 0.15) is 28.9 Å². The third-order valence-electron chi connectivity index (χ3n) is 4.70. The molecule has 150 valence electrons. The van der Waals surface area contributed by atoms with E-state index in [1.165, 1.54) is 6.07 Å². The summed E-state index contributed by atoms with van der Waals surface area (Å²) >= 11 is 0. The summed E-state index contributed by atoms with van der Waals surface area (Å²) in [5, 5.41) is 2.84. The molecular weight excluding hydrogens is 366 g/mol. The molecule has 2 aromatic rings. The molecule has 1 N–H and O–H groups in total. The average molecular weight is 390 g/mol. The molecule has 1 atom stereocenters. The van der Waals surface area contributed by atoms with Crippen molar-refractivity contribution >= 4 is 5.91 Å². The van der Waals surface area contributed by atoms with Crippen molar-refractivity contribution < 1.29 is 23.0 Å². The molecule has 3 rings (SSSR count). The highest BCUT2D eigenvalue weighted by Crippen LogP contribution is 2.24. The van der Waals surface area contributed by atoms with Gasteiger partial charge in [-0.15, -0.1) is 0 Å². The zero-order chi connectivity index (χ0) is 19.9. The van der Waals surface area contributed by atoms with Gasteiger partial charge in [-0.05, 0) is 42.8 Å². The Morgan fingerprint density at radius 2 is 1.86 bits per heavy atom. The number of carbonyl (C=O) groups excluding carboxylic acids is 1. The summed E-state index contributed by atoms with van der Waals surface area (Å²) in [5.41, 5.74) is 1.13. The summed E-state index contributed by atoms with van der Waals surface area (Å²) in [6.07, 6.45) is 0. The Morgan fingerprint density at radius 3 is 2.50 bits per heavy atom. The number of carbonyl (C=O) groups is 1. The largest absolute Gasteiger partial charge is 0.494 e. The fraction of sp³-hybridized carbons (Fsp3) is 0.381. The monoisotopic (exact) mass is 390 g/mol. The van der Waals surface area contributed by atoms with E-state index in [-0.39, 0.29) is 11.6 Å². The number of nitrogens with one attached hydrogen (secondary N) is 1. The summed E-state index contributed by atoms with van der Waals surface area (Å²) in [7, 11) is 0. The number of benzene rings is 2. The number of amides is 1. The van der Waals surface area contributed by atoms with Gasteiger partial charge in [0.25, 0.3) is 5.91 Å². The van der Waals surface area contributed by atoms with Gasteiger partial charge < -0.3 is 14.8 Å². The second-order valence-electron chi connectivity index (χ2n) is 6.51. The van der Waals surface area contributed by atoms with E-state index >= 15 is 0 Å². The van der Waals surface area contributed by atoms with Gasteiger partial charge in [-0.3, -0.25) is 9.69 Å². The molecule has 1 aliphatic rings. The maximum absolute atomic E-state index is 13.4. The number of morpholine rings is 1. The Kier molecular flexibility index (Phi) is 6.95. The molecule has 28 heavy (non-hydrogen) atoms. The third kappa shape index (κ3) is 5.05. The molecule has 1 unspecified atom stereocenters. The van der Waals surface area contributed by atoms with E-state index in [0.29, 0.717) is 26.4 Å². The minimum atomic E-state index is -1.04. The van der Waals surface area contributed by atoms with Gasteiger partial charge in [-0.1, -0.05) is 12.1 Å². The van der Waals surface area contributed by atoms with Gasteiger partial charge in [0.05, 0.1) is 25.9 Å². The Hall–Kier alpha value is -2.51. The summed E-state index contributed by atoms with van der Waals surface area (Å²) in [5.74, 6) is -1.66. The maximum Gasteiger partial charge on any atom is 0.251 e. The number of rotatable bonds is 7. The predicted octanol–water partition coefficient (Wildman–Crippen LogP) is 3.17. The summed E-state index contributed by atoms with van der Waals surface area (Å²) < 4.78 is 37.4. The van der Waals surface area contributed by atoms with Gasteiger partial charge in [-0.2, -0.15) is 0 Å². The lowest BCUT2D eigenvalue weighted by Crippen LogP contribution is -2.43. The molecule has 0 aromatic heterocycles. The minimum absolute atomic E-state index is 0.0613. The lowest BCUT2D eigenvalue weighted by molar-refractivity contribution is 0.0162. The molecule has 1 fully saturated rings. The first kappa shape index (κ1) is 20.2. The van der Waals surface area contributed by atoms with E-state index in [2.05, 4.69) is 10.2 Å². The number of hydrogen-bond acceptors (Lipinski definition) is 4. The maximum atomic E-state index is 13.4. The fourth-order valence-electron chi connectivity index (χ4n) is 3.23. The van der Waals surface area contributed by atoms with Crippen molar-refractivity contribution in [1.82, 2.24) is 10.2 Å². The number of halogens is 2. The molecule has 0 bridgehead atoms. The van der Waals surface area contributed by atoms with Crippen molar-refractivity contribution in [2.24, 2.45) is 0 Å². The Morgan fingerprint density at radius 1 is 1.14 bits per heavy atom. The van der Waals surface area contributed by atoms with Crippen LogP contribution in [0.2, 0.25) is 0 Å². The van der Waals surface area contributed by atoms with Crippen molar-refractivity contribution in [3.05, 3.63) is 65.2 Å². The highest BCUT2D eigenvalue weighted by molar-refractivity contribution is 5.94. The van der Waals surface area contributed by atoms with Crippen molar-refractivity contribution in [3.8, 4) is 5.75 Å². The van der Waals surface area contributed by atoms with Crippen LogP contribution in [0.4, 0.5) is 8.78 Å². The Bertz CT molecular complexity index is 793. The first-order valence-electron chi connectivity index (χ1n) is 9.36. The topological polar surface area (TPSA) is 50.8 Å². The van der Waals surface area contributed by atoms with E-state index in [0.717, 1.165) is 36.5 Å². The average Bonchev–Trinajstić information content (AvgIpc) is 2.72. The lowest BCUT2D eigenvalue weighted by Gasteiger charge is -2.35. The molecule has 1 amide bonds. The van der Waals surface area contributed by atoms with Crippen LogP contribution in [0.15, 0.2) is 42.5 Å². The van der Waals surface area contributed by atoms with E-state index in [9.17, 15) is 13.6 Å². The first-order valence-corrected chi connectivity index (χ1v) is 9.36. The molecule has 5 nitrogen and oxygen atoms in total. The molecule has 1 saturated heterocycles. The summed E-state index contributed by atoms with van der Waals surface area (Å²) in [4.78, 5) is 14.6. The van der Waals surface area contributed by atoms with Gasteiger partial charge >= 0.3 is 0 Å². The second-order valence-corrected chi connectivity index (χ2v) is 6.51. The van der Waals surface area contributed by atoms with Crippen LogP contribution >= 0.6 is 0 Å². The van der Waals surface area contributed by atoms with E-state index in [4.69, 9.17) is 9.47 Å². The molecule has 1 aliphatic heterocycles. The van der Waals surface area contributed by atoms with E-state index in [1.54, 1.807) is 0 Å². The second kappa shape index (κ2) is 9.61. The highest BCUT2D eigenvalue weighted by atomic mass is 19.2. The predicted molar refractivity (Wildman–Crippen MR) is 101 cm³/mol. The lowest BCUT2D eigenvalue weighted by atomic mass is 10.0. The van der Waals surface area contributed by atoms with Crippen LogP contribution in [0.3, 0.4) is 0 Å². The van der Waals surface area contributed by atoms with Crippen LogP contribution in [0.25, 0.3) is 0 Å². The molecule has 1 heterocycles. The van der Waals surface area contributed by atoms with Crippen molar-refractivity contribution in [3.63, 3.8) is 0 Å². The zero-order valence-corrected chi connectivity index (χ0v) is 15.8. The molecule has 2 aromatic carbocycles. The molecule has 0 spiro atoms. The highest BCUT2D eigenvalue weighted by Gasteiger charge is 2.23. The van der Waals surface area contributed by atoms with Gasteiger partial charge in [-0.25, -0.2) is 8.78 Å². The molecule has 0 saturated carbocycles. The number of ether oxygens (including phenoxy) is 2. The normalized spacial score (nSPS) is 15.8. The SMILES string of the molecule is CCOc1ccc(C(CNC(=O)c2ccc(F)c(F)c2)N2CCOCC2)cc1. The number of hydrogen-bond donors (Lipinski definition) is 1. The van der Waals surface area contributed by atoms with Crippen LogP contribution in [0.5, 0.6) is 5.75 Å². The van der Waals surface area contributed by atoms with E-state index < -0.39 is 17.5 Å². The molecule has 0 aliphatic carbocycles. The van der Waals surface area contributed by atoms with Crippen LogP contribution < -0.4 is 10.1 Å². The van der Waals surface area contributed by atoms with Gasteiger partial charge in [0.15, 0.2) is 11.6 Å². The molecule has 7 heteroatoms. The van der Waals surface area contributed by atoms with Crippen LogP contribution in [0, 0.1) is 11.6 Å². The van der Waals surface area contributed by atoms with Crippen molar-refractivity contribution in [2.45, 2.75) is 13.0 Å². The summed E-state index contributed by atoms with van der Waals surface area (Å²) in [6.45, 7) is 5.62. The fourth-order valence-corrected chi connectivity index (χ4v) is 3.23. The standard InChI is InChI=1S/C21H24F2N2O3/c1-2-28-17-6-3-15(4-7-17)20(25-9-11-27-12-10-25)14-24-21(26)16-5-8-18(22)19(23)13-16/h3-8,13,20H,2,9-12,14H2,1H3,(H,24,26). The van der Waals surface area contributed by atoms with Crippen molar-refractivity contribution in [1.29, 1.82) is 0 Å². The first-order chi connectivity index (χ1) is 13.6. The number of nitrogens with zero attached hydrogens (tertiary/aromatic N) is 1. The smallest absolute Gasteiger partial charge is 0.251 e. The molecule has 0 radical (unpaired) electrons. The van der Waals surface area contributed by atoms with Gasteiger partial charge in [0, 0.05) is 25.2 Å². The quantitative estimate of drug-likeness (QED) is 0.789. The van der Waals surface area contributed by atoms with Gasteiger partial charge in [0.1, 0.15) is 5.75 Å². The zero-order valence-electron chi connectivity index (χ0n) is 15.8. The summed E-state index contributed by atoms with van der Waals surface area (Å²) in [6, 6.07) is 10.8. The molecular formula is C21H24F2N2O3.